The number of aliphatic hydroxyl groups is 1. The molecule has 1 aliphatic heterocycles. The molecule has 8 heteroatoms. The van der Waals surface area contributed by atoms with Gasteiger partial charge in [-0.25, -0.2) is 0 Å². The molecule has 1 aliphatic rings. The van der Waals surface area contributed by atoms with Gasteiger partial charge in [0, 0.05) is 25.7 Å². The zero-order chi connectivity index (χ0) is 14.6. The second-order valence-electron chi connectivity index (χ2n) is 5.08. The van der Waals surface area contributed by atoms with E-state index in [4.69, 9.17) is 10.2 Å². The molecule has 1 rings (SSSR count). The second kappa shape index (κ2) is 6.65. The van der Waals surface area contributed by atoms with Crippen molar-refractivity contribution >= 4 is 16.2 Å². The Morgan fingerprint density at radius 2 is 1.89 bits per heavy atom. The Kier molecular flexibility index (Phi) is 5.72. The van der Waals surface area contributed by atoms with Crippen LogP contribution in [0.2, 0.25) is 0 Å². The minimum absolute atomic E-state index is 0.0925. The van der Waals surface area contributed by atoms with Gasteiger partial charge in [-0.3, -0.25) is 4.79 Å². The molecule has 19 heavy (non-hydrogen) atoms. The average Bonchev–Trinajstić information content (AvgIpc) is 2.37. The number of aliphatic carboxylic acids is 1. The van der Waals surface area contributed by atoms with Gasteiger partial charge in [0.05, 0.1) is 5.92 Å². The molecule has 0 bridgehead atoms. The van der Waals surface area contributed by atoms with Crippen molar-refractivity contribution in [3.63, 3.8) is 0 Å². The Hall–Kier alpha value is -0.700. The Morgan fingerprint density at radius 1 is 1.37 bits per heavy atom. The number of carboxylic acids is 1. The van der Waals surface area contributed by atoms with Crippen LogP contribution in [0, 0.1) is 11.8 Å². The van der Waals surface area contributed by atoms with E-state index in [1.807, 2.05) is 0 Å². The highest BCUT2D eigenvalue weighted by molar-refractivity contribution is 7.87. The fourth-order valence-electron chi connectivity index (χ4n) is 1.93. The maximum atomic E-state index is 12.1. The minimum atomic E-state index is -3.61. The molecule has 7 nitrogen and oxygen atoms in total. The number of carbonyl (C=O) groups is 1. The first kappa shape index (κ1) is 16.4. The highest BCUT2D eigenvalue weighted by atomic mass is 32.2. The molecule has 1 heterocycles. The summed E-state index contributed by atoms with van der Waals surface area (Å²) in [7, 11) is -3.61. The number of nitrogens with zero attached hydrogens (tertiary/aromatic N) is 1. The predicted octanol–water partition coefficient (Wildman–Crippen LogP) is -0.366. The van der Waals surface area contributed by atoms with Crippen LogP contribution < -0.4 is 4.72 Å². The lowest BCUT2D eigenvalue weighted by Crippen LogP contribution is -2.49. The molecule has 2 atom stereocenters. The molecule has 0 spiro atoms. The molecule has 112 valence electrons. The van der Waals surface area contributed by atoms with Gasteiger partial charge in [-0.2, -0.15) is 17.4 Å². The van der Waals surface area contributed by atoms with Crippen molar-refractivity contribution in [2.45, 2.75) is 32.7 Å². The van der Waals surface area contributed by atoms with Crippen molar-refractivity contribution < 1.29 is 23.4 Å². The third-order valence-corrected chi connectivity index (χ3v) is 5.33. The van der Waals surface area contributed by atoms with E-state index in [1.54, 1.807) is 13.8 Å². The van der Waals surface area contributed by atoms with Gasteiger partial charge in [0.2, 0.25) is 0 Å². The molecule has 0 aliphatic carbocycles. The zero-order valence-corrected chi connectivity index (χ0v) is 12.1. The van der Waals surface area contributed by atoms with Crippen molar-refractivity contribution in [3.8, 4) is 0 Å². The van der Waals surface area contributed by atoms with E-state index in [1.165, 1.54) is 4.31 Å². The van der Waals surface area contributed by atoms with E-state index in [9.17, 15) is 13.2 Å². The third kappa shape index (κ3) is 4.41. The summed E-state index contributed by atoms with van der Waals surface area (Å²) in [5, 5.41) is 17.9. The molecule has 1 saturated heterocycles. The van der Waals surface area contributed by atoms with Gasteiger partial charge >= 0.3 is 5.97 Å². The molecule has 2 unspecified atom stereocenters. The summed E-state index contributed by atoms with van der Waals surface area (Å²) in [5.41, 5.74) is 0. The number of rotatable bonds is 6. The van der Waals surface area contributed by atoms with E-state index in [0.29, 0.717) is 12.8 Å². The van der Waals surface area contributed by atoms with E-state index in [0.717, 1.165) is 0 Å². The first-order valence-corrected chi connectivity index (χ1v) is 7.83. The summed E-state index contributed by atoms with van der Waals surface area (Å²) in [6.07, 6.45) is 0.667. The van der Waals surface area contributed by atoms with Crippen molar-refractivity contribution in [1.29, 1.82) is 0 Å². The second-order valence-corrected chi connectivity index (χ2v) is 6.79. The molecule has 0 radical (unpaired) electrons. The topological polar surface area (TPSA) is 107 Å². The van der Waals surface area contributed by atoms with Crippen LogP contribution in [-0.4, -0.2) is 54.6 Å². The van der Waals surface area contributed by atoms with Crippen LogP contribution >= 0.6 is 0 Å². The van der Waals surface area contributed by atoms with Gasteiger partial charge in [0.15, 0.2) is 0 Å². The molecular weight excluding hydrogens is 272 g/mol. The monoisotopic (exact) mass is 294 g/mol. The van der Waals surface area contributed by atoms with Crippen LogP contribution in [-0.2, 0) is 15.0 Å². The maximum absolute atomic E-state index is 12.1. The summed E-state index contributed by atoms with van der Waals surface area (Å²) in [6.45, 7) is 3.79. The standard InChI is InChI=1S/C11H22N2O5S/c1-8(7-14)9(2)12-19(17,18)13-5-3-10(4-6-13)11(15)16/h8-10,12,14H,3-7H2,1-2H3,(H,15,16). The normalized spacial score (nSPS) is 22.1. The van der Waals surface area contributed by atoms with Gasteiger partial charge in [-0.15, -0.1) is 0 Å². The largest absolute Gasteiger partial charge is 0.481 e. The highest BCUT2D eigenvalue weighted by Gasteiger charge is 2.32. The summed E-state index contributed by atoms with van der Waals surface area (Å²) < 4.78 is 27.9. The first-order valence-electron chi connectivity index (χ1n) is 6.39. The van der Waals surface area contributed by atoms with E-state index >= 15 is 0 Å². The van der Waals surface area contributed by atoms with Gasteiger partial charge in [0.25, 0.3) is 10.2 Å². The zero-order valence-electron chi connectivity index (χ0n) is 11.2. The molecule has 0 aromatic carbocycles. The van der Waals surface area contributed by atoms with Crippen LogP contribution in [0.15, 0.2) is 0 Å². The summed E-state index contributed by atoms with van der Waals surface area (Å²) in [5.74, 6) is -1.50. The molecule has 0 saturated carbocycles. The van der Waals surface area contributed by atoms with E-state index in [2.05, 4.69) is 4.72 Å². The number of hydrogen-bond donors (Lipinski definition) is 3. The molecule has 3 N–H and O–H groups in total. The lowest BCUT2D eigenvalue weighted by atomic mass is 9.99. The third-order valence-electron chi connectivity index (χ3n) is 3.62. The molecule has 1 fully saturated rings. The van der Waals surface area contributed by atoms with Crippen molar-refractivity contribution in [3.05, 3.63) is 0 Å². The van der Waals surface area contributed by atoms with Crippen molar-refractivity contribution in [2.24, 2.45) is 11.8 Å². The average molecular weight is 294 g/mol. The van der Waals surface area contributed by atoms with Crippen molar-refractivity contribution in [2.75, 3.05) is 19.7 Å². The van der Waals surface area contributed by atoms with Gasteiger partial charge in [-0.05, 0) is 25.7 Å². The quantitative estimate of drug-likeness (QED) is 0.620. The Bertz CT molecular complexity index is 403. The Labute approximate surface area is 113 Å². The smallest absolute Gasteiger partial charge is 0.306 e. The Morgan fingerprint density at radius 3 is 2.32 bits per heavy atom. The number of carboxylic acid groups (broad SMARTS) is 1. The summed E-state index contributed by atoms with van der Waals surface area (Å²) in [6, 6.07) is -0.368. The minimum Gasteiger partial charge on any atom is -0.481 e. The Balaban J connectivity index is 2.58. The first-order chi connectivity index (χ1) is 8.77. The van der Waals surface area contributed by atoms with Crippen LogP contribution in [0.4, 0.5) is 0 Å². The number of hydrogen-bond acceptors (Lipinski definition) is 4. The lowest BCUT2D eigenvalue weighted by Gasteiger charge is -2.31. The maximum Gasteiger partial charge on any atom is 0.306 e. The van der Waals surface area contributed by atoms with Gasteiger partial charge in [0.1, 0.15) is 0 Å². The van der Waals surface area contributed by atoms with Crippen LogP contribution in [0.3, 0.4) is 0 Å². The molecular formula is C11H22N2O5S. The number of piperidine rings is 1. The fraction of sp³-hybridized carbons (Fsp3) is 0.909. The van der Waals surface area contributed by atoms with E-state index in [-0.39, 0.29) is 31.7 Å². The van der Waals surface area contributed by atoms with Gasteiger partial charge in [-0.1, -0.05) is 6.92 Å². The van der Waals surface area contributed by atoms with Crippen LogP contribution in [0.1, 0.15) is 26.7 Å². The number of nitrogens with one attached hydrogen (secondary N) is 1. The SMILES string of the molecule is CC(CO)C(C)NS(=O)(=O)N1CCC(C(=O)O)CC1. The van der Waals surface area contributed by atoms with Crippen molar-refractivity contribution in [1.82, 2.24) is 9.03 Å². The molecule has 0 aromatic rings. The number of aliphatic hydroxyl groups excluding tert-OH is 1. The predicted molar refractivity (Wildman–Crippen MR) is 69.7 cm³/mol. The molecule has 0 aromatic heterocycles. The molecule has 0 amide bonds. The van der Waals surface area contributed by atoms with Gasteiger partial charge < -0.3 is 10.2 Å². The highest BCUT2D eigenvalue weighted by Crippen LogP contribution is 2.19. The van der Waals surface area contributed by atoms with E-state index < -0.39 is 22.1 Å². The summed E-state index contributed by atoms with van der Waals surface area (Å²) in [4.78, 5) is 10.8. The fourth-order valence-corrected chi connectivity index (χ4v) is 3.47. The van der Waals surface area contributed by atoms with Crippen LogP contribution in [0.25, 0.3) is 0 Å². The van der Waals surface area contributed by atoms with Crippen LogP contribution in [0.5, 0.6) is 0 Å². The summed E-state index contributed by atoms with van der Waals surface area (Å²) >= 11 is 0. The lowest BCUT2D eigenvalue weighted by molar-refractivity contribution is -0.142.